The molecule has 6 nitrogen and oxygen atoms in total. The third-order valence-corrected chi connectivity index (χ3v) is 8.68. The SMILES string of the molecule is CCCCC(CC)C(=O)[O-].CCCCC(CC)C(=O)[O-].CCCCC(CC)C(=O)[O-].CCCCC(CC)[CH2][Sn+3]. The van der Waals surface area contributed by atoms with Gasteiger partial charge in [-0.15, -0.1) is 0 Å². The zero-order valence-electron chi connectivity index (χ0n) is 26.8. The van der Waals surface area contributed by atoms with Crippen LogP contribution in [0.25, 0.3) is 0 Å². The predicted molar refractivity (Wildman–Crippen MR) is 159 cm³/mol. The van der Waals surface area contributed by atoms with Crippen molar-refractivity contribution in [1.82, 2.24) is 0 Å². The Labute approximate surface area is 255 Å². The normalized spacial score (nSPS) is 13.2. The Hall–Kier alpha value is -0.791. The van der Waals surface area contributed by atoms with Crippen LogP contribution in [0.4, 0.5) is 0 Å². The van der Waals surface area contributed by atoms with Gasteiger partial charge in [0, 0.05) is 17.9 Å². The number of aliphatic carboxylic acids is 3. The average molecular weight is 662 g/mol. The van der Waals surface area contributed by atoms with Gasteiger partial charge in [0.15, 0.2) is 0 Å². The molecule has 0 spiro atoms. The van der Waals surface area contributed by atoms with Gasteiger partial charge < -0.3 is 29.7 Å². The van der Waals surface area contributed by atoms with E-state index in [4.69, 9.17) is 0 Å². The molecular weight excluding hydrogens is 599 g/mol. The van der Waals surface area contributed by atoms with Crippen molar-refractivity contribution in [3.05, 3.63) is 0 Å². The second-order valence-corrected chi connectivity index (χ2v) is 11.5. The Morgan fingerprint density at radius 1 is 0.487 bits per heavy atom. The molecule has 39 heavy (non-hydrogen) atoms. The van der Waals surface area contributed by atoms with Crippen molar-refractivity contribution in [3.8, 4) is 0 Å². The topological polar surface area (TPSA) is 120 Å². The van der Waals surface area contributed by atoms with Crippen molar-refractivity contribution in [1.29, 1.82) is 0 Å². The summed E-state index contributed by atoms with van der Waals surface area (Å²) in [4.78, 5) is 31.0. The first-order chi connectivity index (χ1) is 18.5. The van der Waals surface area contributed by atoms with Crippen molar-refractivity contribution in [2.24, 2.45) is 23.7 Å². The summed E-state index contributed by atoms with van der Waals surface area (Å²) in [6.45, 7) is 16.4. The van der Waals surface area contributed by atoms with Crippen LogP contribution in [0.15, 0.2) is 0 Å². The van der Waals surface area contributed by atoms with Gasteiger partial charge in [0.25, 0.3) is 0 Å². The Morgan fingerprint density at radius 3 is 0.897 bits per heavy atom. The van der Waals surface area contributed by atoms with E-state index in [0.29, 0.717) is 19.3 Å². The van der Waals surface area contributed by atoms with Gasteiger partial charge in [-0.3, -0.25) is 0 Å². The summed E-state index contributed by atoms with van der Waals surface area (Å²) < 4.78 is 1.46. The molecule has 0 heterocycles. The van der Waals surface area contributed by atoms with E-state index in [1.54, 1.807) is 22.5 Å². The van der Waals surface area contributed by atoms with E-state index in [0.717, 1.165) is 63.7 Å². The first-order valence-electron chi connectivity index (χ1n) is 15.8. The third-order valence-electron chi connectivity index (χ3n) is 7.03. The van der Waals surface area contributed by atoms with E-state index in [1.807, 2.05) is 20.8 Å². The number of unbranched alkanes of at least 4 members (excludes halogenated alkanes) is 4. The van der Waals surface area contributed by atoms with Crippen molar-refractivity contribution >= 4 is 40.4 Å². The summed E-state index contributed by atoms with van der Waals surface area (Å²) >= 11 is 1.71. The van der Waals surface area contributed by atoms with E-state index in [2.05, 4.69) is 34.6 Å². The van der Waals surface area contributed by atoms with Crippen LogP contribution in [-0.2, 0) is 14.4 Å². The second-order valence-electron chi connectivity index (χ2n) is 10.3. The van der Waals surface area contributed by atoms with Gasteiger partial charge in [-0.1, -0.05) is 80.1 Å². The van der Waals surface area contributed by atoms with Crippen LogP contribution in [0.3, 0.4) is 0 Å². The van der Waals surface area contributed by atoms with Crippen molar-refractivity contribution in [2.45, 2.75) is 163 Å². The van der Waals surface area contributed by atoms with Crippen LogP contribution in [0.5, 0.6) is 0 Å². The van der Waals surface area contributed by atoms with E-state index in [1.165, 1.54) is 30.1 Å². The van der Waals surface area contributed by atoms with E-state index in [-0.39, 0.29) is 17.8 Å². The molecule has 0 N–H and O–H groups in total. The number of carbonyl (C=O) groups is 3. The van der Waals surface area contributed by atoms with Gasteiger partial charge in [-0.25, -0.2) is 0 Å². The molecule has 0 aliphatic carbocycles. The van der Waals surface area contributed by atoms with Crippen LogP contribution in [-0.4, -0.2) is 40.4 Å². The maximum absolute atomic E-state index is 10.3. The summed E-state index contributed by atoms with van der Waals surface area (Å²) in [5.74, 6) is -2.30. The maximum atomic E-state index is 10.3. The Kier molecular flexibility index (Phi) is 40.8. The quantitative estimate of drug-likeness (QED) is 0.156. The fourth-order valence-electron chi connectivity index (χ4n) is 3.76. The molecule has 0 saturated carbocycles. The van der Waals surface area contributed by atoms with E-state index in [9.17, 15) is 29.7 Å². The molecule has 0 radical (unpaired) electrons. The van der Waals surface area contributed by atoms with Gasteiger partial charge in [-0.05, 0) is 56.3 Å². The molecule has 0 saturated heterocycles. The Bertz CT molecular complexity index is 475. The van der Waals surface area contributed by atoms with Crippen molar-refractivity contribution in [2.75, 3.05) is 0 Å². The van der Waals surface area contributed by atoms with E-state index >= 15 is 0 Å². The molecule has 0 aromatic rings. The first-order valence-corrected chi connectivity index (χ1v) is 17.8. The second kappa shape index (κ2) is 35.2. The number of carboxylic acids is 3. The molecule has 0 fully saturated rings. The molecule has 4 unspecified atom stereocenters. The Balaban J connectivity index is -0.000000210. The van der Waals surface area contributed by atoms with Gasteiger partial charge >= 0.3 is 72.4 Å². The van der Waals surface area contributed by atoms with Crippen LogP contribution in [0.1, 0.15) is 158 Å². The molecule has 0 bridgehead atoms. The van der Waals surface area contributed by atoms with Gasteiger partial charge in [-0.2, -0.15) is 0 Å². The summed E-state index contributed by atoms with van der Waals surface area (Å²) in [6, 6.07) is 0. The number of carboxylic acid groups (broad SMARTS) is 3. The zero-order valence-corrected chi connectivity index (χ0v) is 29.6. The van der Waals surface area contributed by atoms with Gasteiger partial charge in [0.05, 0.1) is 0 Å². The van der Waals surface area contributed by atoms with E-state index < -0.39 is 17.9 Å². The standard InChI is InChI=1S/3C8H16O2.C8H17.Sn/c3*1-3-5-6-7(4-2)8(9)10;1-4-6-7-8(3)5-2;/h3*7H,3-6H2,1-2H3,(H,9,10);8H,3-7H2,1-2H3;/q;;;;+3/p-3. The first kappa shape index (κ1) is 45.2. The van der Waals surface area contributed by atoms with Crippen molar-refractivity contribution < 1.29 is 29.7 Å². The number of hydrogen-bond donors (Lipinski definition) is 0. The molecule has 230 valence electrons. The molecule has 0 aromatic carbocycles. The average Bonchev–Trinajstić information content (AvgIpc) is 2.91. The van der Waals surface area contributed by atoms with Crippen molar-refractivity contribution in [3.63, 3.8) is 0 Å². The molecule has 0 amide bonds. The number of hydrogen-bond acceptors (Lipinski definition) is 6. The van der Waals surface area contributed by atoms with Crippen LogP contribution in [0.2, 0.25) is 4.44 Å². The fourth-order valence-corrected chi connectivity index (χ4v) is 5.17. The number of carbonyl (C=O) groups excluding carboxylic acids is 3. The zero-order chi connectivity index (χ0) is 31.1. The van der Waals surface area contributed by atoms with Crippen LogP contribution >= 0.6 is 0 Å². The summed E-state index contributed by atoms with van der Waals surface area (Å²) in [5, 5.41) is 31.0. The Morgan fingerprint density at radius 2 is 0.744 bits per heavy atom. The molecule has 7 heteroatoms. The third kappa shape index (κ3) is 33.3. The number of rotatable bonds is 20. The molecule has 0 rings (SSSR count). The molecular formula is C32H62O6Sn. The monoisotopic (exact) mass is 662 g/mol. The minimum absolute atomic E-state index is 0.222. The molecule has 0 aliphatic heterocycles. The van der Waals surface area contributed by atoms with Crippen LogP contribution in [0, 0.1) is 23.7 Å². The summed E-state index contributed by atoms with van der Waals surface area (Å²) in [5.41, 5.74) is 0. The fraction of sp³-hybridized carbons (Fsp3) is 0.906. The van der Waals surface area contributed by atoms with Crippen LogP contribution < -0.4 is 15.3 Å². The molecule has 0 aliphatic rings. The van der Waals surface area contributed by atoms with Gasteiger partial charge in [0.2, 0.25) is 0 Å². The minimum atomic E-state index is -0.893. The molecule has 0 aromatic heterocycles. The predicted octanol–water partition coefficient (Wildman–Crippen LogP) is 5.65. The summed E-state index contributed by atoms with van der Waals surface area (Å²) in [7, 11) is 0. The van der Waals surface area contributed by atoms with Gasteiger partial charge in [0.1, 0.15) is 0 Å². The summed E-state index contributed by atoms with van der Waals surface area (Å²) in [6.07, 6.45) is 16.2. The molecule has 4 atom stereocenters.